The standard InChI is InChI=1S/C14H21FN2O3S/c1-10(13-4-3-11(15)9-14(13)18)16-12-5-7-17(8-6-12)21(2,19)20/h3-4,9-10,12,16,18H,5-8H2,1-2H3. The van der Waals surface area contributed by atoms with Gasteiger partial charge >= 0.3 is 0 Å². The van der Waals surface area contributed by atoms with Crippen LogP contribution in [-0.4, -0.2) is 43.2 Å². The highest BCUT2D eigenvalue weighted by atomic mass is 32.2. The Morgan fingerprint density at radius 1 is 1.38 bits per heavy atom. The first-order valence-electron chi connectivity index (χ1n) is 6.97. The van der Waals surface area contributed by atoms with Crippen LogP contribution in [0.2, 0.25) is 0 Å². The van der Waals surface area contributed by atoms with E-state index in [4.69, 9.17) is 0 Å². The molecule has 1 atom stereocenters. The van der Waals surface area contributed by atoms with Gasteiger partial charge < -0.3 is 10.4 Å². The molecule has 0 bridgehead atoms. The quantitative estimate of drug-likeness (QED) is 0.885. The lowest BCUT2D eigenvalue weighted by Crippen LogP contribution is -2.45. The zero-order valence-electron chi connectivity index (χ0n) is 12.2. The second kappa shape index (κ2) is 6.29. The molecule has 0 saturated carbocycles. The fraction of sp³-hybridized carbons (Fsp3) is 0.571. The van der Waals surface area contributed by atoms with Crippen molar-refractivity contribution in [1.29, 1.82) is 0 Å². The Morgan fingerprint density at radius 3 is 2.52 bits per heavy atom. The van der Waals surface area contributed by atoms with Gasteiger partial charge in [0.15, 0.2) is 0 Å². The number of hydrogen-bond acceptors (Lipinski definition) is 4. The summed E-state index contributed by atoms with van der Waals surface area (Å²) in [7, 11) is -3.12. The summed E-state index contributed by atoms with van der Waals surface area (Å²) < 4.78 is 37.4. The Morgan fingerprint density at radius 2 is 2.00 bits per heavy atom. The van der Waals surface area contributed by atoms with Gasteiger partial charge in [0.25, 0.3) is 0 Å². The minimum atomic E-state index is -3.12. The lowest BCUT2D eigenvalue weighted by Gasteiger charge is -2.32. The summed E-state index contributed by atoms with van der Waals surface area (Å²) in [6, 6.07) is 4.04. The zero-order chi connectivity index (χ0) is 15.6. The second-order valence-electron chi connectivity index (χ2n) is 5.53. The first kappa shape index (κ1) is 16.2. The van der Waals surface area contributed by atoms with Crippen LogP contribution in [0, 0.1) is 5.82 Å². The molecule has 0 spiro atoms. The van der Waals surface area contributed by atoms with Gasteiger partial charge in [0, 0.05) is 36.8 Å². The topological polar surface area (TPSA) is 69.6 Å². The molecule has 2 N–H and O–H groups in total. The SMILES string of the molecule is CC(NC1CCN(S(C)(=O)=O)CC1)c1ccc(F)cc1O. The Balaban J connectivity index is 1.94. The first-order chi connectivity index (χ1) is 9.77. The van der Waals surface area contributed by atoms with E-state index in [1.165, 1.54) is 16.6 Å². The van der Waals surface area contributed by atoms with E-state index < -0.39 is 15.8 Å². The summed E-state index contributed by atoms with van der Waals surface area (Å²) in [5, 5.41) is 13.1. The fourth-order valence-corrected chi connectivity index (χ4v) is 3.55. The summed E-state index contributed by atoms with van der Waals surface area (Å²) in [6.45, 7) is 2.90. The third-order valence-electron chi connectivity index (χ3n) is 3.87. The lowest BCUT2D eigenvalue weighted by atomic mass is 10.0. The molecule has 1 unspecified atom stereocenters. The minimum Gasteiger partial charge on any atom is -0.508 e. The molecule has 118 valence electrons. The average Bonchev–Trinajstić information content (AvgIpc) is 2.38. The number of phenolic OH excluding ortho intramolecular Hbond substituents is 1. The predicted molar refractivity (Wildman–Crippen MR) is 79.1 cm³/mol. The molecule has 1 saturated heterocycles. The fourth-order valence-electron chi connectivity index (χ4n) is 2.68. The molecule has 1 aliphatic rings. The van der Waals surface area contributed by atoms with E-state index in [2.05, 4.69) is 5.32 Å². The Hall–Kier alpha value is -1.18. The largest absolute Gasteiger partial charge is 0.508 e. The highest BCUT2D eigenvalue weighted by Crippen LogP contribution is 2.26. The van der Waals surface area contributed by atoms with E-state index in [9.17, 15) is 17.9 Å². The van der Waals surface area contributed by atoms with Crippen molar-refractivity contribution in [1.82, 2.24) is 9.62 Å². The number of sulfonamides is 1. The van der Waals surface area contributed by atoms with E-state index in [1.54, 1.807) is 6.07 Å². The van der Waals surface area contributed by atoms with E-state index >= 15 is 0 Å². The molecule has 1 fully saturated rings. The van der Waals surface area contributed by atoms with Gasteiger partial charge in [-0.15, -0.1) is 0 Å². The number of nitrogens with zero attached hydrogens (tertiary/aromatic N) is 1. The summed E-state index contributed by atoms with van der Waals surface area (Å²) in [6.07, 6.45) is 2.67. The highest BCUT2D eigenvalue weighted by molar-refractivity contribution is 7.88. The van der Waals surface area contributed by atoms with Crippen molar-refractivity contribution >= 4 is 10.0 Å². The summed E-state index contributed by atoms with van der Waals surface area (Å²) >= 11 is 0. The van der Waals surface area contributed by atoms with Gasteiger partial charge in [-0.1, -0.05) is 6.07 Å². The van der Waals surface area contributed by atoms with Crippen LogP contribution in [0.1, 0.15) is 31.4 Å². The molecule has 0 amide bonds. The maximum absolute atomic E-state index is 13.0. The van der Waals surface area contributed by atoms with Crippen molar-refractivity contribution in [3.8, 4) is 5.75 Å². The third kappa shape index (κ3) is 4.15. The zero-order valence-corrected chi connectivity index (χ0v) is 13.0. The summed E-state index contributed by atoms with van der Waals surface area (Å²) in [5.41, 5.74) is 0.641. The van der Waals surface area contributed by atoms with Crippen LogP contribution in [0.5, 0.6) is 5.75 Å². The van der Waals surface area contributed by atoms with E-state index in [0.29, 0.717) is 18.7 Å². The number of benzene rings is 1. The Kier molecular flexibility index (Phi) is 4.85. The van der Waals surface area contributed by atoms with Gasteiger partial charge in [-0.05, 0) is 25.8 Å². The summed E-state index contributed by atoms with van der Waals surface area (Å²) in [4.78, 5) is 0. The molecule has 2 rings (SSSR count). The molecule has 5 nitrogen and oxygen atoms in total. The molecule has 1 aliphatic heterocycles. The van der Waals surface area contributed by atoms with Crippen molar-refractivity contribution in [3.05, 3.63) is 29.6 Å². The minimum absolute atomic E-state index is 0.0661. The normalized spacial score (nSPS) is 19.6. The molecule has 0 aromatic heterocycles. The molecule has 1 heterocycles. The van der Waals surface area contributed by atoms with Gasteiger partial charge in [-0.25, -0.2) is 17.1 Å². The van der Waals surface area contributed by atoms with E-state index in [-0.39, 0.29) is 17.8 Å². The van der Waals surface area contributed by atoms with Crippen molar-refractivity contribution in [2.75, 3.05) is 19.3 Å². The number of nitrogens with one attached hydrogen (secondary N) is 1. The maximum Gasteiger partial charge on any atom is 0.211 e. The molecule has 1 aromatic carbocycles. The predicted octanol–water partition coefficient (Wildman–Crippen LogP) is 1.61. The van der Waals surface area contributed by atoms with Crippen LogP contribution >= 0.6 is 0 Å². The van der Waals surface area contributed by atoms with Crippen LogP contribution in [0.3, 0.4) is 0 Å². The van der Waals surface area contributed by atoms with Crippen molar-refractivity contribution < 1.29 is 17.9 Å². The van der Waals surface area contributed by atoms with Crippen molar-refractivity contribution in [3.63, 3.8) is 0 Å². The van der Waals surface area contributed by atoms with Gasteiger partial charge in [0.05, 0.1) is 6.26 Å². The Bertz CT molecular complexity index is 598. The number of phenols is 1. The van der Waals surface area contributed by atoms with E-state index in [1.807, 2.05) is 6.92 Å². The lowest BCUT2D eigenvalue weighted by molar-refractivity contribution is 0.277. The van der Waals surface area contributed by atoms with Crippen LogP contribution in [0.25, 0.3) is 0 Å². The maximum atomic E-state index is 13.0. The third-order valence-corrected chi connectivity index (χ3v) is 5.17. The number of piperidine rings is 1. The molecule has 0 radical (unpaired) electrons. The molecular weight excluding hydrogens is 295 g/mol. The van der Waals surface area contributed by atoms with Crippen LogP contribution < -0.4 is 5.32 Å². The number of halogens is 1. The molecule has 7 heteroatoms. The molecule has 1 aromatic rings. The first-order valence-corrected chi connectivity index (χ1v) is 8.82. The molecule has 21 heavy (non-hydrogen) atoms. The van der Waals surface area contributed by atoms with Crippen LogP contribution in [0.4, 0.5) is 4.39 Å². The average molecular weight is 316 g/mol. The molecular formula is C14H21FN2O3S. The smallest absolute Gasteiger partial charge is 0.211 e. The monoisotopic (exact) mass is 316 g/mol. The second-order valence-corrected chi connectivity index (χ2v) is 7.51. The van der Waals surface area contributed by atoms with Gasteiger partial charge in [0.1, 0.15) is 11.6 Å². The highest BCUT2D eigenvalue weighted by Gasteiger charge is 2.26. The number of hydrogen-bond donors (Lipinski definition) is 2. The van der Waals surface area contributed by atoms with Crippen molar-refractivity contribution in [2.24, 2.45) is 0 Å². The van der Waals surface area contributed by atoms with Crippen LogP contribution in [0.15, 0.2) is 18.2 Å². The van der Waals surface area contributed by atoms with Gasteiger partial charge in [-0.2, -0.15) is 0 Å². The molecule has 0 aliphatic carbocycles. The van der Waals surface area contributed by atoms with Gasteiger partial charge in [0.2, 0.25) is 10.0 Å². The van der Waals surface area contributed by atoms with Crippen LogP contribution in [-0.2, 0) is 10.0 Å². The summed E-state index contributed by atoms with van der Waals surface area (Å²) in [5.74, 6) is -0.534. The van der Waals surface area contributed by atoms with E-state index in [0.717, 1.165) is 18.9 Å². The van der Waals surface area contributed by atoms with Gasteiger partial charge in [-0.3, -0.25) is 0 Å². The Labute approximate surface area is 124 Å². The number of aromatic hydroxyl groups is 1. The number of rotatable bonds is 4. The van der Waals surface area contributed by atoms with Crippen molar-refractivity contribution in [2.45, 2.75) is 31.8 Å².